The molecule has 7 heteroatoms. The van der Waals surface area contributed by atoms with Crippen LogP contribution in [0, 0.1) is 0 Å². The van der Waals surface area contributed by atoms with Crippen LogP contribution in [0.25, 0.3) is 10.9 Å². The van der Waals surface area contributed by atoms with Gasteiger partial charge in [-0.25, -0.2) is 4.98 Å². The van der Waals surface area contributed by atoms with Gasteiger partial charge < -0.3 is 15.0 Å². The number of anilines is 2. The summed E-state index contributed by atoms with van der Waals surface area (Å²) in [5.74, 6) is 1.64. The second kappa shape index (κ2) is 9.39. The fourth-order valence-electron chi connectivity index (χ4n) is 3.59. The van der Waals surface area contributed by atoms with Gasteiger partial charge in [0.05, 0.1) is 12.1 Å². The zero-order valence-corrected chi connectivity index (χ0v) is 17.4. The van der Waals surface area contributed by atoms with E-state index in [0.717, 1.165) is 60.4 Å². The first-order valence-electron chi connectivity index (χ1n) is 9.95. The Hall–Kier alpha value is -2.41. The van der Waals surface area contributed by atoms with Crippen LogP contribution in [0.15, 0.2) is 48.5 Å². The molecule has 1 saturated heterocycles. The molecule has 0 unspecified atom stereocenters. The number of nitrogens with zero attached hydrogens (tertiary/aromatic N) is 4. The molecule has 0 radical (unpaired) electrons. The van der Waals surface area contributed by atoms with Crippen LogP contribution in [0.4, 0.5) is 11.8 Å². The number of aromatic nitrogens is 2. The van der Waals surface area contributed by atoms with Gasteiger partial charge in [-0.3, -0.25) is 4.90 Å². The van der Waals surface area contributed by atoms with E-state index in [2.05, 4.69) is 27.2 Å². The molecule has 152 valence electrons. The van der Waals surface area contributed by atoms with E-state index in [1.807, 2.05) is 36.4 Å². The average Bonchev–Trinajstić information content (AvgIpc) is 2.76. The summed E-state index contributed by atoms with van der Waals surface area (Å²) in [6, 6.07) is 16.2. The van der Waals surface area contributed by atoms with Crippen molar-refractivity contribution in [1.29, 1.82) is 0 Å². The van der Waals surface area contributed by atoms with Crippen molar-refractivity contribution < 1.29 is 4.74 Å². The Balaban J connectivity index is 1.47. The second-order valence-electron chi connectivity index (χ2n) is 7.16. The van der Waals surface area contributed by atoms with Crippen LogP contribution in [-0.2, 0) is 11.3 Å². The van der Waals surface area contributed by atoms with Gasteiger partial charge in [0, 0.05) is 56.8 Å². The monoisotopic (exact) mass is 411 g/mol. The molecule has 6 nitrogen and oxygen atoms in total. The molecular weight excluding hydrogens is 386 g/mol. The lowest BCUT2D eigenvalue weighted by Crippen LogP contribution is -2.46. The summed E-state index contributed by atoms with van der Waals surface area (Å²) in [6.07, 6.45) is 0. The van der Waals surface area contributed by atoms with E-state index < -0.39 is 0 Å². The van der Waals surface area contributed by atoms with Crippen LogP contribution in [0.1, 0.15) is 5.56 Å². The Morgan fingerprint density at radius 3 is 2.55 bits per heavy atom. The minimum atomic E-state index is 0.633. The van der Waals surface area contributed by atoms with Gasteiger partial charge in [0.25, 0.3) is 0 Å². The molecule has 0 aliphatic carbocycles. The van der Waals surface area contributed by atoms with Gasteiger partial charge in [0.15, 0.2) is 0 Å². The van der Waals surface area contributed by atoms with Crippen molar-refractivity contribution >= 4 is 34.3 Å². The van der Waals surface area contributed by atoms with Crippen molar-refractivity contribution in [3.05, 3.63) is 59.1 Å². The largest absolute Gasteiger partial charge is 0.383 e. The van der Waals surface area contributed by atoms with Gasteiger partial charge in [-0.15, -0.1) is 0 Å². The molecule has 29 heavy (non-hydrogen) atoms. The second-order valence-corrected chi connectivity index (χ2v) is 7.57. The standard InChI is InChI=1S/C22H26ClN5O/c1-29-15-10-24-21-18-7-3-5-9-20(18)25-22(26-21)28-13-11-27(12-14-28)16-17-6-2-4-8-19(17)23/h2-9H,10-16H2,1H3,(H,24,25,26). The predicted octanol–water partition coefficient (Wildman–Crippen LogP) is 3.66. The SMILES string of the molecule is COCCNc1nc(N2CCN(Cc3ccccc3Cl)CC2)nc2ccccc12. The van der Waals surface area contributed by atoms with Gasteiger partial charge in [-0.1, -0.05) is 41.9 Å². The van der Waals surface area contributed by atoms with Gasteiger partial charge in [0.2, 0.25) is 5.95 Å². The molecule has 1 aliphatic heterocycles. The summed E-state index contributed by atoms with van der Waals surface area (Å²) in [5.41, 5.74) is 2.13. The molecule has 0 atom stereocenters. The number of fused-ring (bicyclic) bond motifs is 1. The van der Waals surface area contributed by atoms with Gasteiger partial charge in [-0.05, 0) is 23.8 Å². The minimum Gasteiger partial charge on any atom is -0.383 e. The Labute approximate surface area is 176 Å². The highest BCUT2D eigenvalue weighted by Crippen LogP contribution is 2.24. The third-order valence-electron chi connectivity index (χ3n) is 5.20. The maximum atomic E-state index is 6.32. The lowest BCUT2D eigenvalue weighted by Gasteiger charge is -2.35. The molecule has 0 bridgehead atoms. The molecule has 1 aliphatic rings. The molecule has 1 aromatic heterocycles. The van der Waals surface area contributed by atoms with Crippen molar-refractivity contribution in [3.8, 4) is 0 Å². The minimum absolute atomic E-state index is 0.633. The zero-order chi connectivity index (χ0) is 20.1. The maximum Gasteiger partial charge on any atom is 0.227 e. The van der Waals surface area contributed by atoms with E-state index in [9.17, 15) is 0 Å². The average molecular weight is 412 g/mol. The van der Waals surface area contributed by atoms with Crippen LogP contribution in [0.5, 0.6) is 0 Å². The van der Waals surface area contributed by atoms with E-state index in [4.69, 9.17) is 26.3 Å². The highest BCUT2D eigenvalue weighted by atomic mass is 35.5. The summed E-state index contributed by atoms with van der Waals surface area (Å²) in [5, 5.41) is 5.25. The topological polar surface area (TPSA) is 53.5 Å². The predicted molar refractivity (Wildman–Crippen MR) is 119 cm³/mol. The van der Waals surface area contributed by atoms with Crippen molar-refractivity contribution in [2.45, 2.75) is 6.54 Å². The Morgan fingerprint density at radius 2 is 1.76 bits per heavy atom. The fourth-order valence-corrected chi connectivity index (χ4v) is 3.78. The normalized spacial score (nSPS) is 15.0. The molecule has 0 amide bonds. The Morgan fingerprint density at radius 1 is 1.00 bits per heavy atom. The number of halogens is 1. The maximum absolute atomic E-state index is 6.32. The van der Waals surface area contributed by atoms with Gasteiger partial charge in [-0.2, -0.15) is 4.98 Å². The number of nitrogens with one attached hydrogen (secondary N) is 1. The molecule has 0 spiro atoms. The van der Waals surface area contributed by atoms with Gasteiger partial charge in [0.1, 0.15) is 5.82 Å². The van der Waals surface area contributed by atoms with Crippen LogP contribution in [-0.4, -0.2) is 61.3 Å². The third kappa shape index (κ3) is 4.78. The number of piperazine rings is 1. The zero-order valence-electron chi connectivity index (χ0n) is 16.6. The van der Waals surface area contributed by atoms with Crippen molar-refractivity contribution in [3.63, 3.8) is 0 Å². The smallest absolute Gasteiger partial charge is 0.227 e. The van der Waals surface area contributed by atoms with Gasteiger partial charge >= 0.3 is 0 Å². The molecule has 2 heterocycles. The number of hydrogen-bond acceptors (Lipinski definition) is 6. The third-order valence-corrected chi connectivity index (χ3v) is 5.57. The molecule has 1 fully saturated rings. The summed E-state index contributed by atoms with van der Waals surface area (Å²) in [7, 11) is 1.70. The van der Waals surface area contributed by atoms with Crippen molar-refractivity contribution in [2.24, 2.45) is 0 Å². The van der Waals surface area contributed by atoms with E-state index >= 15 is 0 Å². The molecule has 3 aromatic rings. The van der Waals surface area contributed by atoms with E-state index in [1.54, 1.807) is 7.11 Å². The first-order valence-corrected chi connectivity index (χ1v) is 10.3. The lowest BCUT2D eigenvalue weighted by molar-refractivity contribution is 0.210. The molecular formula is C22H26ClN5O. The molecule has 2 aromatic carbocycles. The first kappa shape index (κ1) is 19.9. The Bertz CT molecular complexity index is 959. The number of hydrogen-bond donors (Lipinski definition) is 1. The van der Waals surface area contributed by atoms with Crippen LogP contribution in [0.2, 0.25) is 5.02 Å². The van der Waals surface area contributed by atoms with Crippen molar-refractivity contribution in [2.75, 3.05) is 56.7 Å². The summed E-state index contributed by atoms with van der Waals surface area (Å²) in [4.78, 5) is 14.3. The highest BCUT2D eigenvalue weighted by molar-refractivity contribution is 6.31. The fraction of sp³-hybridized carbons (Fsp3) is 0.364. The van der Waals surface area contributed by atoms with Crippen LogP contribution >= 0.6 is 11.6 Å². The summed E-state index contributed by atoms with van der Waals surface area (Å²) < 4.78 is 5.16. The summed E-state index contributed by atoms with van der Waals surface area (Å²) in [6.45, 7) is 5.90. The van der Waals surface area contributed by atoms with Crippen LogP contribution < -0.4 is 10.2 Å². The first-order chi connectivity index (χ1) is 14.2. The number of rotatable bonds is 7. The highest BCUT2D eigenvalue weighted by Gasteiger charge is 2.21. The van der Waals surface area contributed by atoms with E-state index in [-0.39, 0.29) is 0 Å². The summed E-state index contributed by atoms with van der Waals surface area (Å²) >= 11 is 6.32. The molecule has 1 N–H and O–H groups in total. The molecule has 0 saturated carbocycles. The molecule has 4 rings (SSSR count). The van der Waals surface area contributed by atoms with E-state index in [1.165, 1.54) is 5.56 Å². The number of para-hydroxylation sites is 1. The van der Waals surface area contributed by atoms with E-state index in [0.29, 0.717) is 13.2 Å². The number of methoxy groups -OCH3 is 1. The number of benzene rings is 2. The van der Waals surface area contributed by atoms with Crippen LogP contribution in [0.3, 0.4) is 0 Å². The Kier molecular flexibility index (Phi) is 6.44. The quantitative estimate of drug-likeness (QED) is 0.599. The van der Waals surface area contributed by atoms with Crippen molar-refractivity contribution in [1.82, 2.24) is 14.9 Å². The number of ether oxygens (including phenoxy) is 1. The lowest BCUT2D eigenvalue weighted by atomic mass is 10.2.